The summed E-state index contributed by atoms with van der Waals surface area (Å²) in [4.78, 5) is 31.0. The van der Waals surface area contributed by atoms with Gasteiger partial charge in [-0.15, -0.1) is 0 Å². The maximum Gasteiger partial charge on any atom is 0.410 e. The lowest BCUT2D eigenvalue weighted by atomic mass is 9.96. The van der Waals surface area contributed by atoms with Crippen LogP contribution in [0.25, 0.3) is 44.3 Å². The number of nitrogens with two attached hydrogens (primary N) is 1. The number of piperidine rings is 2. The van der Waals surface area contributed by atoms with Crippen LogP contribution in [0.1, 0.15) is 52.3 Å². The molecule has 2 aliphatic rings. The first-order chi connectivity index (χ1) is 34.4. The number of likely N-dealkylation sites (tertiary alicyclic amines) is 1. The highest BCUT2D eigenvalue weighted by Crippen LogP contribution is 2.37. The van der Waals surface area contributed by atoms with Gasteiger partial charge in [0, 0.05) is 66.0 Å². The third-order valence-electron chi connectivity index (χ3n) is 12.0. The molecule has 376 valence electrons. The van der Waals surface area contributed by atoms with E-state index in [0.29, 0.717) is 56.4 Å². The van der Waals surface area contributed by atoms with E-state index in [-0.39, 0.29) is 32.2 Å². The molecule has 1 amide bonds. The van der Waals surface area contributed by atoms with E-state index in [4.69, 9.17) is 50.3 Å². The van der Waals surface area contributed by atoms with Crippen molar-refractivity contribution in [1.82, 2.24) is 38.1 Å². The van der Waals surface area contributed by atoms with E-state index >= 15 is 0 Å². The number of fused-ring (bicyclic) bond motifs is 2. The molecule has 2 unspecified atom stereocenters. The molecule has 4 aromatic carbocycles. The summed E-state index contributed by atoms with van der Waals surface area (Å²) in [7, 11) is -7.56. The van der Waals surface area contributed by atoms with Gasteiger partial charge in [0.1, 0.15) is 11.4 Å². The number of nitrogens with one attached hydrogen (secondary N) is 1. The van der Waals surface area contributed by atoms with Gasteiger partial charge in [0.15, 0.2) is 0 Å². The Morgan fingerprint density at radius 2 is 1.22 bits per heavy atom. The largest absolute Gasteiger partial charge is 0.444 e. The van der Waals surface area contributed by atoms with Gasteiger partial charge in [-0.1, -0.05) is 96.0 Å². The molecule has 20 heteroatoms. The van der Waals surface area contributed by atoms with Crippen molar-refractivity contribution >= 4 is 82.7 Å². The fourth-order valence-corrected chi connectivity index (χ4v) is 11.9. The first kappa shape index (κ1) is 52.4. The van der Waals surface area contributed by atoms with Crippen molar-refractivity contribution in [2.24, 2.45) is 11.7 Å². The van der Waals surface area contributed by atoms with Crippen LogP contribution >= 0.6 is 34.8 Å². The van der Waals surface area contributed by atoms with Crippen molar-refractivity contribution in [3.63, 3.8) is 0 Å². The summed E-state index contributed by atoms with van der Waals surface area (Å²) in [5.41, 5.74) is 8.64. The molecule has 6 heterocycles. The van der Waals surface area contributed by atoms with Crippen LogP contribution in [0.5, 0.6) is 0 Å². The molecule has 8 aromatic rings. The van der Waals surface area contributed by atoms with Crippen molar-refractivity contribution in [1.29, 1.82) is 0 Å². The predicted octanol–water partition coefficient (Wildman–Crippen LogP) is 10.5. The van der Waals surface area contributed by atoms with Crippen LogP contribution in [0.4, 0.5) is 4.79 Å². The van der Waals surface area contributed by atoms with Gasteiger partial charge in [-0.25, -0.2) is 49.5 Å². The SMILES string of the molecule is CC(C)(C)OC(=O)N1CCCC(N)C1.O=S(=O)(c1ccccc1)n1cc(-c2nc(CC3CCCNC3)ncc2Cl)c2ccccc21.O=S(=O)(c1ccccc1)n1cc(-c2nc(Cl)ncc2Cl)c2ccccc21. The summed E-state index contributed by atoms with van der Waals surface area (Å²) in [5, 5.41) is 5.61. The summed E-state index contributed by atoms with van der Waals surface area (Å²) in [6, 6.07) is 31.3. The molecule has 2 aliphatic heterocycles. The first-order valence-corrected chi connectivity index (χ1v) is 27.4. The summed E-state index contributed by atoms with van der Waals surface area (Å²) in [6.45, 7) is 9.00. The van der Waals surface area contributed by atoms with Gasteiger partial charge >= 0.3 is 6.09 Å². The van der Waals surface area contributed by atoms with E-state index < -0.39 is 25.6 Å². The standard InChI is InChI=1S/C24H23ClN4O2S.C18H11Cl2N3O2S.C10H20N2O2/c25-21-15-27-23(13-17-7-6-12-26-14-17)28-24(21)20-16-29(22-11-5-4-10-19(20)22)32(30,31)18-8-2-1-3-9-18;19-15-10-21-18(20)22-17(15)14-11-23(16-9-5-4-8-13(14)16)26(24,25)12-6-2-1-3-7-12;1-10(2,3)14-9(13)12-6-4-5-8(11)7-12/h1-5,8-11,15-17,26H,6-7,12-14H2;1-11H;8H,4-7,11H2,1-3H3. The molecule has 4 aromatic heterocycles. The molecule has 2 atom stereocenters. The third-order valence-corrected chi connectivity index (χ3v) is 16.1. The zero-order valence-corrected chi connectivity index (χ0v) is 43.7. The Kier molecular flexibility index (Phi) is 16.3. The Morgan fingerprint density at radius 3 is 1.74 bits per heavy atom. The number of ether oxygens (including phenoxy) is 1. The number of aromatic nitrogens is 6. The lowest BCUT2D eigenvalue weighted by Gasteiger charge is -2.32. The van der Waals surface area contributed by atoms with E-state index in [1.54, 1.807) is 96.2 Å². The van der Waals surface area contributed by atoms with Gasteiger partial charge in [-0.2, -0.15) is 0 Å². The third kappa shape index (κ3) is 12.1. The van der Waals surface area contributed by atoms with Gasteiger partial charge in [0.25, 0.3) is 20.0 Å². The van der Waals surface area contributed by atoms with Crippen LogP contribution in [-0.4, -0.2) is 93.5 Å². The van der Waals surface area contributed by atoms with Gasteiger partial charge in [-0.3, -0.25) is 0 Å². The molecule has 0 radical (unpaired) electrons. The van der Waals surface area contributed by atoms with Gasteiger partial charge in [0.2, 0.25) is 5.28 Å². The number of carbonyl (C=O) groups is 1. The molecule has 3 N–H and O–H groups in total. The quantitative estimate of drug-likeness (QED) is 0.137. The Morgan fingerprint density at radius 1 is 0.708 bits per heavy atom. The van der Waals surface area contributed by atoms with Crippen molar-refractivity contribution in [2.45, 2.75) is 74.3 Å². The molecule has 0 aliphatic carbocycles. The second-order valence-corrected chi connectivity index (χ2v) is 23.2. The normalized spacial score (nSPS) is 16.3. The smallest absolute Gasteiger partial charge is 0.410 e. The molecule has 72 heavy (non-hydrogen) atoms. The van der Waals surface area contributed by atoms with Crippen LogP contribution in [0.15, 0.2) is 144 Å². The Balaban J connectivity index is 0.000000156. The Labute approximate surface area is 434 Å². The second-order valence-electron chi connectivity index (χ2n) is 18.4. The lowest BCUT2D eigenvalue weighted by molar-refractivity contribution is 0.0200. The number of halogens is 3. The summed E-state index contributed by atoms with van der Waals surface area (Å²) in [5.74, 6) is 1.21. The first-order valence-electron chi connectivity index (χ1n) is 23.4. The predicted molar refractivity (Wildman–Crippen MR) is 283 cm³/mol. The molecule has 0 spiro atoms. The lowest BCUT2D eigenvalue weighted by Crippen LogP contribution is -2.47. The fourth-order valence-electron chi connectivity index (χ4n) is 8.57. The van der Waals surface area contributed by atoms with Crippen LogP contribution in [0.2, 0.25) is 15.3 Å². The zero-order chi connectivity index (χ0) is 51.2. The van der Waals surface area contributed by atoms with Crippen molar-refractivity contribution in [2.75, 3.05) is 26.2 Å². The maximum absolute atomic E-state index is 13.4. The van der Waals surface area contributed by atoms with Gasteiger partial charge in [0.05, 0.1) is 48.5 Å². The minimum absolute atomic E-state index is 0.0344. The van der Waals surface area contributed by atoms with Crippen molar-refractivity contribution in [3.05, 3.63) is 155 Å². The monoisotopic (exact) mass is 1070 g/mol. The molecular formula is C52H54Cl3N9O6S2. The van der Waals surface area contributed by atoms with E-state index in [2.05, 4.69) is 20.3 Å². The van der Waals surface area contributed by atoms with Crippen LogP contribution in [0, 0.1) is 5.92 Å². The number of nitrogens with zero attached hydrogens (tertiary/aromatic N) is 7. The minimum atomic E-state index is -3.78. The molecule has 2 fully saturated rings. The number of rotatable bonds is 8. The molecule has 10 rings (SSSR count). The molecule has 0 saturated carbocycles. The average Bonchev–Trinajstić information content (AvgIpc) is 3.97. The Bertz CT molecular complexity index is 3420. The van der Waals surface area contributed by atoms with Gasteiger partial charge < -0.3 is 20.7 Å². The summed E-state index contributed by atoms with van der Waals surface area (Å²) < 4.78 is 60.8. The number of hydrogen-bond donors (Lipinski definition) is 2. The summed E-state index contributed by atoms with van der Waals surface area (Å²) in [6.07, 6.45) is 10.9. The number of carbonyl (C=O) groups excluding carboxylic acids is 1. The highest BCUT2D eigenvalue weighted by atomic mass is 35.5. The van der Waals surface area contributed by atoms with Gasteiger partial charge in [-0.05, 0) is 113 Å². The molecular weight excluding hydrogens is 1020 g/mol. The second kappa shape index (κ2) is 22.5. The number of para-hydroxylation sites is 2. The van der Waals surface area contributed by atoms with Crippen LogP contribution < -0.4 is 11.1 Å². The molecule has 0 bridgehead atoms. The average molecular weight is 1070 g/mol. The zero-order valence-electron chi connectivity index (χ0n) is 39.8. The highest BCUT2D eigenvalue weighted by molar-refractivity contribution is 7.90. The summed E-state index contributed by atoms with van der Waals surface area (Å²) >= 11 is 18.7. The van der Waals surface area contributed by atoms with Crippen LogP contribution in [0.3, 0.4) is 0 Å². The van der Waals surface area contributed by atoms with Crippen molar-refractivity contribution < 1.29 is 26.4 Å². The molecule has 15 nitrogen and oxygen atoms in total. The van der Waals surface area contributed by atoms with Crippen molar-refractivity contribution in [3.8, 4) is 22.5 Å². The minimum Gasteiger partial charge on any atom is -0.444 e. The van der Waals surface area contributed by atoms with E-state index in [0.717, 1.165) is 62.9 Å². The number of hydrogen-bond acceptors (Lipinski definition) is 12. The topological polar surface area (TPSA) is 197 Å². The Hall–Kier alpha value is -5.92. The van der Waals surface area contributed by atoms with E-state index in [1.165, 1.54) is 20.3 Å². The highest BCUT2D eigenvalue weighted by Gasteiger charge is 2.28. The fraction of sp³-hybridized carbons (Fsp3) is 0.288. The number of amides is 1. The van der Waals surface area contributed by atoms with Crippen LogP contribution in [-0.2, 0) is 31.2 Å². The molecule has 2 saturated heterocycles. The number of benzene rings is 4. The maximum atomic E-state index is 13.4. The van der Waals surface area contributed by atoms with E-state index in [9.17, 15) is 21.6 Å². The van der Waals surface area contributed by atoms with E-state index in [1.807, 2.05) is 51.1 Å².